The Labute approximate surface area is 95.7 Å². The first-order valence-electron chi connectivity index (χ1n) is 5.58. The summed E-state index contributed by atoms with van der Waals surface area (Å²) in [6.07, 6.45) is 5.56. The zero-order valence-electron chi connectivity index (χ0n) is 9.48. The number of nitrogen functional groups attached to an aromatic ring is 1. The van der Waals surface area contributed by atoms with Crippen LogP contribution >= 0.6 is 0 Å². The van der Waals surface area contributed by atoms with Gasteiger partial charge in [-0.3, -0.25) is 0 Å². The van der Waals surface area contributed by atoms with Crippen molar-refractivity contribution in [2.45, 2.75) is 19.3 Å². The number of nitrogens with zero attached hydrogens (tertiary/aromatic N) is 3. The van der Waals surface area contributed by atoms with Gasteiger partial charge in [0, 0.05) is 19.8 Å². The van der Waals surface area contributed by atoms with Crippen molar-refractivity contribution in [2.24, 2.45) is 5.92 Å². The van der Waals surface area contributed by atoms with Crippen molar-refractivity contribution in [3.05, 3.63) is 17.8 Å². The van der Waals surface area contributed by atoms with Crippen LogP contribution in [0, 0.1) is 17.2 Å². The number of hydrogen-bond acceptors (Lipinski definition) is 4. The number of aromatic nitrogens is 1. The molecular formula is C12H16N4. The minimum absolute atomic E-state index is 0.492. The summed E-state index contributed by atoms with van der Waals surface area (Å²) in [7, 11) is 1.98. The van der Waals surface area contributed by atoms with Gasteiger partial charge in [-0.2, -0.15) is 5.26 Å². The highest BCUT2D eigenvalue weighted by molar-refractivity contribution is 5.69. The van der Waals surface area contributed by atoms with E-state index in [1.54, 1.807) is 12.3 Å². The molecule has 2 N–H and O–H groups in total. The molecule has 1 aliphatic rings. The third kappa shape index (κ3) is 1.94. The zero-order valence-corrected chi connectivity index (χ0v) is 9.48. The first-order valence-corrected chi connectivity index (χ1v) is 5.58. The number of nitriles is 1. The number of pyridine rings is 1. The Morgan fingerprint density at radius 3 is 2.94 bits per heavy atom. The zero-order chi connectivity index (χ0) is 11.5. The summed E-state index contributed by atoms with van der Waals surface area (Å²) in [5.74, 6) is 1.49. The highest BCUT2D eigenvalue weighted by Gasteiger charge is 2.20. The van der Waals surface area contributed by atoms with Gasteiger partial charge in [-0.15, -0.1) is 0 Å². The van der Waals surface area contributed by atoms with Gasteiger partial charge in [0.2, 0.25) is 0 Å². The molecule has 1 aromatic heterocycles. The van der Waals surface area contributed by atoms with Crippen LogP contribution in [0.15, 0.2) is 12.3 Å². The van der Waals surface area contributed by atoms with Gasteiger partial charge < -0.3 is 10.6 Å². The third-order valence-corrected chi connectivity index (χ3v) is 3.21. The van der Waals surface area contributed by atoms with E-state index >= 15 is 0 Å². The van der Waals surface area contributed by atoms with Crippen molar-refractivity contribution < 1.29 is 0 Å². The maximum atomic E-state index is 8.89. The third-order valence-electron chi connectivity index (χ3n) is 3.21. The molecule has 4 heteroatoms. The topological polar surface area (TPSA) is 65.9 Å². The predicted molar refractivity (Wildman–Crippen MR) is 64.0 cm³/mol. The predicted octanol–water partition coefficient (Wildman–Crippen LogP) is 1.77. The molecule has 0 aliphatic heterocycles. The van der Waals surface area contributed by atoms with E-state index in [4.69, 9.17) is 11.0 Å². The molecule has 0 spiro atoms. The minimum atomic E-state index is 0.492. The van der Waals surface area contributed by atoms with E-state index in [9.17, 15) is 0 Å². The standard InChI is InChI=1S/C12H16N4/c1-16(8-9-3-2-4-9)12-11(14)10(7-13)5-6-15-12/h5-6,9H,2-4,8,14H2,1H3. The van der Waals surface area contributed by atoms with Crippen molar-refractivity contribution in [3.8, 4) is 6.07 Å². The molecule has 1 heterocycles. The molecule has 1 aromatic rings. The molecule has 0 atom stereocenters. The van der Waals surface area contributed by atoms with Crippen molar-refractivity contribution >= 4 is 11.5 Å². The lowest BCUT2D eigenvalue weighted by Crippen LogP contribution is -2.30. The Kier molecular flexibility index (Phi) is 2.95. The van der Waals surface area contributed by atoms with Gasteiger partial charge >= 0.3 is 0 Å². The Bertz CT molecular complexity index is 418. The number of rotatable bonds is 3. The van der Waals surface area contributed by atoms with Crippen LogP contribution in [-0.2, 0) is 0 Å². The quantitative estimate of drug-likeness (QED) is 0.836. The van der Waals surface area contributed by atoms with Crippen molar-refractivity contribution in [2.75, 3.05) is 24.2 Å². The smallest absolute Gasteiger partial charge is 0.152 e. The van der Waals surface area contributed by atoms with Gasteiger partial charge in [0.25, 0.3) is 0 Å². The Morgan fingerprint density at radius 2 is 2.38 bits per heavy atom. The lowest BCUT2D eigenvalue weighted by molar-refractivity contribution is 0.321. The molecule has 4 nitrogen and oxygen atoms in total. The van der Waals surface area contributed by atoms with Gasteiger partial charge in [-0.05, 0) is 24.8 Å². The molecule has 2 rings (SSSR count). The maximum Gasteiger partial charge on any atom is 0.152 e. The highest BCUT2D eigenvalue weighted by atomic mass is 15.2. The second-order valence-corrected chi connectivity index (χ2v) is 4.39. The monoisotopic (exact) mass is 216 g/mol. The first-order chi connectivity index (χ1) is 7.72. The molecule has 1 aliphatic carbocycles. The lowest BCUT2D eigenvalue weighted by atomic mass is 9.85. The number of hydrogen-bond donors (Lipinski definition) is 1. The molecule has 1 saturated carbocycles. The summed E-state index contributed by atoms with van der Waals surface area (Å²) in [6.45, 7) is 0.978. The van der Waals surface area contributed by atoms with E-state index < -0.39 is 0 Å². The summed E-state index contributed by atoms with van der Waals surface area (Å²) >= 11 is 0. The second kappa shape index (κ2) is 4.40. The number of nitrogens with two attached hydrogens (primary N) is 1. The normalized spacial score (nSPS) is 15.2. The summed E-state index contributed by atoms with van der Waals surface area (Å²) in [6, 6.07) is 3.73. The molecule has 0 aromatic carbocycles. The van der Waals surface area contributed by atoms with Crippen molar-refractivity contribution in [1.82, 2.24) is 4.98 Å². The van der Waals surface area contributed by atoms with E-state index in [-0.39, 0.29) is 0 Å². The number of anilines is 2. The summed E-state index contributed by atoms with van der Waals surface area (Å²) in [5.41, 5.74) is 6.90. The molecular weight excluding hydrogens is 200 g/mol. The second-order valence-electron chi connectivity index (χ2n) is 4.39. The largest absolute Gasteiger partial charge is 0.395 e. The lowest BCUT2D eigenvalue weighted by Gasteiger charge is -2.31. The minimum Gasteiger partial charge on any atom is -0.395 e. The fourth-order valence-electron chi connectivity index (χ4n) is 2.01. The fraction of sp³-hybridized carbons (Fsp3) is 0.500. The van der Waals surface area contributed by atoms with Crippen LogP contribution in [0.5, 0.6) is 0 Å². The van der Waals surface area contributed by atoms with E-state index in [1.165, 1.54) is 19.3 Å². The summed E-state index contributed by atoms with van der Waals surface area (Å²) in [4.78, 5) is 6.30. The van der Waals surface area contributed by atoms with Crippen LogP contribution in [-0.4, -0.2) is 18.6 Å². The van der Waals surface area contributed by atoms with E-state index in [1.807, 2.05) is 7.05 Å². The molecule has 16 heavy (non-hydrogen) atoms. The molecule has 0 saturated heterocycles. The summed E-state index contributed by atoms with van der Waals surface area (Å²) < 4.78 is 0. The Morgan fingerprint density at radius 1 is 1.62 bits per heavy atom. The van der Waals surface area contributed by atoms with Crippen LogP contribution in [0.4, 0.5) is 11.5 Å². The SMILES string of the molecule is CN(CC1CCC1)c1nccc(C#N)c1N. The molecule has 0 amide bonds. The van der Waals surface area contributed by atoms with E-state index in [0.717, 1.165) is 18.3 Å². The fourth-order valence-corrected chi connectivity index (χ4v) is 2.01. The van der Waals surface area contributed by atoms with Crippen molar-refractivity contribution in [3.63, 3.8) is 0 Å². The molecule has 1 fully saturated rings. The maximum absolute atomic E-state index is 8.89. The first kappa shape index (κ1) is 10.7. The molecule has 0 bridgehead atoms. The van der Waals surface area contributed by atoms with Gasteiger partial charge in [0.1, 0.15) is 6.07 Å². The van der Waals surface area contributed by atoms with Crippen LogP contribution in [0.3, 0.4) is 0 Å². The van der Waals surface area contributed by atoms with Crippen LogP contribution < -0.4 is 10.6 Å². The average molecular weight is 216 g/mol. The van der Waals surface area contributed by atoms with Crippen LogP contribution in [0.1, 0.15) is 24.8 Å². The van der Waals surface area contributed by atoms with Gasteiger partial charge in [0.05, 0.1) is 11.3 Å². The van der Waals surface area contributed by atoms with Crippen molar-refractivity contribution in [1.29, 1.82) is 5.26 Å². The Balaban J connectivity index is 2.15. The molecule has 0 radical (unpaired) electrons. The van der Waals surface area contributed by atoms with Gasteiger partial charge in [0.15, 0.2) is 5.82 Å². The molecule has 0 unspecified atom stereocenters. The van der Waals surface area contributed by atoms with Crippen LogP contribution in [0.25, 0.3) is 0 Å². The van der Waals surface area contributed by atoms with E-state index in [0.29, 0.717) is 11.3 Å². The average Bonchev–Trinajstić information content (AvgIpc) is 2.23. The Hall–Kier alpha value is -1.76. The van der Waals surface area contributed by atoms with Gasteiger partial charge in [-0.25, -0.2) is 4.98 Å². The van der Waals surface area contributed by atoms with E-state index in [2.05, 4.69) is 16.0 Å². The van der Waals surface area contributed by atoms with Gasteiger partial charge in [-0.1, -0.05) is 6.42 Å². The highest BCUT2D eigenvalue weighted by Crippen LogP contribution is 2.30. The molecule has 84 valence electrons. The van der Waals surface area contributed by atoms with Crippen LogP contribution in [0.2, 0.25) is 0 Å². The summed E-state index contributed by atoms with van der Waals surface area (Å²) in [5, 5.41) is 8.89.